The van der Waals surface area contributed by atoms with Crippen LogP contribution in [0.15, 0.2) is 17.0 Å². The topological polar surface area (TPSA) is 55.4 Å². The lowest BCUT2D eigenvalue weighted by molar-refractivity contribution is 0.114. The van der Waals surface area contributed by atoms with E-state index >= 15 is 0 Å². The Bertz CT molecular complexity index is 569. The van der Waals surface area contributed by atoms with Gasteiger partial charge in [0.2, 0.25) is 10.0 Å². The van der Waals surface area contributed by atoms with Crippen LogP contribution in [0.3, 0.4) is 0 Å². The standard InChI is InChI=1S/C12H15Cl2NO3S/c1-8-5-12(11(14)6-10(8)13)19(16,17)15-7-9-3-2-4-18-9/h5-6,9,15H,2-4,7H2,1H3/t9-/m0/s1. The molecule has 2 rings (SSSR count). The van der Waals surface area contributed by atoms with Gasteiger partial charge in [-0.25, -0.2) is 13.1 Å². The van der Waals surface area contributed by atoms with Crippen LogP contribution in [0.5, 0.6) is 0 Å². The molecule has 0 radical (unpaired) electrons. The zero-order valence-electron chi connectivity index (χ0n) is 10.4. The predicted octanol–water partition coefficient (Wildman–Crippen LogP) is 2.76. The van der Waals surface area contributed by atoms with E-state index in [1.807, 2.05) is 0 Å². The Labute approximate surface area is 123 Å². The monoisotopic (exact) mass is 323 g/mol. The van der Waals surface area contributed by atoms with Crippen molar-refractivity contribution in [1.29, 1.82) is 0 Å². The number of nitrogens with one attached hydrogen (secondary N) is 1. The van der Waals surface area contributed by atoms with Gasteiger partial charge in [0.15, 0.2) is 0 Å². The van der Waals surface area contributed by atoms with Gasteiger partial charge in [0, 0.05) is 18.2 Å². The highest BCUT2D eigenvalue weighted by atomic mass is 35.5. The van der Waals surface area contributed by atoms with E-state index in [-0.39, 0.29) is 22.6 Å². The summed E-state index contributed by atoms with van der Waals surface area (Å²) >= 11 is 11.8. The van der Waals surface area contributed by atoms with Crippen LogP contribution >= 0.6 is 23.2 Å². The fourth-order valence-corrected chi connectivity index (χ4v) is 3.82. The Morgan fingerprint density at radius 3 is 2.74 bits per heavy atom. The minimum Gasteiger partial charge on any atom is -0.377 e. The Morgan fingerprint density at radius 1 is 1.37 bits per heavy atom. The van der Waals surface area contributed by atoms with Gasteiger partial charge in [0.05, 0.1) is 11.1 Å². The van der Waals surface area contributed by atoms with Gasteiger partial charge in [-0.3, -0.25) is 0 Å². The summed E-state index contributed by atoms with van der Waals surface area (Å²) in [5, 5.41) is 0.568. The molecule has 1 saturated heterocycles. The molecule has 1 fully saturated rings. The van der Waals surface area contributed by atoms with Gasteiger partial charge in [0.1, 0.15) is 4.90 Å². The first-order valence-electron chi connectivity index (χ1n) is 5.97. The van der Waals surface area contributed by atoms with E-state index < -0.39 is 10.0 Å². The highest BCUT2D eigenvalue weighted by Crippen LogP contribution is 2.28. The molecule has 0 bridgehead atoms. The smallest absolute Gasteiger partial charge is 0.242 e. The van der Waals surface area contributed by atoms with Gasteiger partial charge in [-0.1, -0.05) is 23.2 Å². The van der Waals surface area contributed by atoms with E-state index in [2.05, 4.69) is 4.72 Å². The molecule has 1 aliphatic rings. The van der Waals surface area contributed by atoms with Crippen LogP contribution in [-0.4, -0.2) is 27.7 Å². The first-order chi connectivity index (χ1) is 8.90. The van der Waals surface area contributed by atoms with Gasteiger partial charge in [-0.05, 0) is 37.5 Å². The molecule has 1 atom stereocenters. The maximum atomic E-state index is 12.2. The first-order valence-corrected chi connectivity index (χ1v) is 8.21. The number of sulfonamides is 1. The van der Waals surface area contributed by atoms with Crippen molar-refractivity contribution in [3.63, 3.8) is 0 Å². The molecular formula is C12H15Cl2NO3S. The Balaban J connectivity index is 2.16. The van der Waals surface area contributed by atoms with Crippen LogP contribution in [0, 0.1) is 6.92 Å². The van der Waals surface area contributed by atoms with E-state index in [0.717, 1.165) is 12.8 Å². The fraction of sp³-hybridized carbons (Fsp3) is 0.500. The Hall–Kier alpha value is -0.330. The van der Waals surface area contributed by atoms with Crippen molar-refractivity contribution >= 4 is 33.2 Å². The number of hydrogen-bond acceptors (Lipinski definition) is 3. The minimum atomic E-state index is -3.64. The van der Waals surface area contributed by atoms with Crippen LogP contribution in [0.4, 0.5) is 0 Å². The lowest BCUT2D eigenvalue weighted by Crippen LogP contribution is -2.32. The molecule has 1 aromatic carbocycles. The van der Waals surface area contributed by atoms with E-state index in [9.17, 15) is 8.42 Å². The van der Waals surface area contributed by atoms with E-state index in [4.69, 9.17) is 27.9 Å². The lowest BCUT2D eigenvalue weighted by Gasteiger charge is -2.13. The largest absolute Gasteiger partial charge is 0.377 e. The number of halogens is 2. The van der Waals surface area contributed by atoms with Crippen molar-refractivity contribution in [3.05, 3.63) is 27.7 Å². The molecule has 1 aromatic rings. The zero-order valence-corrected chi connectivity index (χ0v) is 12.8. The third-order valence-corrected chi connectivity index (χ3v) is 5.32. The Morgan fingerprint density at radius 2 is 2.11 bits per heavy atom. The third kappa shape index (κ3) is 3.61. The van der Waals surface area contributed by atoms with Crippen LogP contribution in [0.25, 0.3) is 0 Å². The van der Waals surface area contributed by atoms with Gasteiger partial charge >= 0.3 is 0 Å². The average Bonchev–Trinajstić information content (AvgIpc) is 2.84. The molecule has 19 heavy (non-hydrogen) atoms. The lowest BCUT2D eigenvalue weighted by atomic mass is 10.2. The highest BCUT2D eigenvalue weighted by molar-refractivity contribution is 7.89. The van der Waals surface area contributed by atoms with Crippen molar-refractivity contribution < 1.29 is 13.2 Å². The average molecular weight is 324 g/mol. The molecule has 0 unspecified atom stereocenters. The van der Waals surface area contributed by atoms with E-state index in [1.165, 1.54) is 12.1 Å². The van der Waals surface area contributed by atoms with Crippen molar-refractivity contribution in [3.8, 4) is 0 Å². The number of rotatable bonds is 4. The van der Waals surface area contributed by atoms with Crippen molar-refractivity contribution in [2.24, 2.45) is 0 Å². The quantitative estimate of drug-likeness (QED) is 0.926. The fourth-order valence-electron chi connectivity index (χ4n) is 1.92. The molecule has 4 nitrogen and oxygen atoms in total. The first kappa shape index (κ1) is 15.1. The molecule has 1 aliphatic heterocycles. The summed E-state index contributed by atoms with van der Waals surface area (Å²) in [6.45, 7) is 2.69. The summed E-state index contributed by atoms with van der Waals surface area (Å²) in [5.41, 5.74) is 0.670. The second-order valence-electron chi connectivity index (χ2n) is 4.52. The van der Waals surface area contributed by atoms with Crippen molar-refractivity contribution in [2.45, 2.75) is 30.8 Å². The molecule has 0 aromatic heterocycles. The molecule has 1 N–H and O–H groups in total. The van der Waals surface area contributed by atoms with Gasteiger partial charge in [0.25, 0.3) is 0 Å². The van der Waals surface area contributed by atoms with Crippen LogP contribution in [-0.2, 0) is 14.8 Å². The zero-order chi connectivity index (χ0) is 14.0. The third-order valence-electron chi connectivity index (χ3n) is 3.03. The van der Waals surface area contributed by atoms with Gasteiger partial charge in [-0.15, -0.1) is 0 Å². The summed E-state index contributed by atoms with van der Waals surface area (Å²) in [6.07, 6.45) is 1.78. The molecule has 0 saturated carbocycles. The number of benzene rings is 1. The maximum Gasteiger partial charge on any atom is 0.242 e. The molecule has 106 valence electrons. The van der Waals surface area contributed by atoms with Crippen LogP contribution in [0.2, 0.25) is 10.0 Å². The molecule has 7 heteroatoms. The molecule has 0 amide bonds. The van der Waals surface area contributed by atoms with Crippen LogP contribution in [0.1, 0.15) is 18.4 Å². The maximum absolute atomic E-state index is 12.2. The van der Waals surface area contributed by atoms with Crippen LogP contribution < -0.4 is 4.72 Å². The highest BCUT2D eigenvalue weighted by Gasteiger charge is 2.22. The second kappa shape index (κ2) is 5.97. The van der Waals surface area contributed by atoms with E-state index in [1.54, 1.807) is 6.92 Å². The summed E-state index contributed by atoms with van der Waals surface area (Å²) in [4.78, 5) is 0.0501. The number of aryl methyl sites for hydroxylation is 1. The summed E-state index contributed by atoms with van der Waals surface area (Å²) in [6, 6.07) is 2.92. The molecule has 1 heterocycles. The van der Waals surface area contributed by atoms with E-state index in [0.29, 0.717) is 17.2 Å². The molecule has 0 spiro atoms. The Kier molecular flexibility index (Phi) is 4.74. The molecular weight excluding hydrogens is 309 g/mol. The van der Waals surface area contributed by atoms with Crippen molar-refractivity contribution in [1.82, 2.24) is 4.72 Å². The second-order valence-corrected chi connectivity index (χ2v) is 7.07. The minimum absolute atomic E-state index is 0.0501. The van der Waals surface area contributed by atoms with Gasteiger partial charge < -0.3 is 4.74 Å². The SMILES string of the molecule is Cc1cc(S(=O)(=O)NC[C@@H]2CCCO2)c(Cl)cc1Cl. The normalized spacial score (nSPS) is 19.8. The predicted molar refractivity (Wildman–Crippen MR) is 75.4 cm³/mol. The number of ether oxygens (including phenoxy) is 1. The number of hydrogen-bond donors (Lipinski definition) is 1. The van der Waals surface area contributed by atoms with Gasteiger partial charge in [-0.2, -0.15) is 0 Å². The summed E-state index contributed by atoms with van der Waals surface area (Å²) in [7, 11) is -3.64. The van der Waals surface area contributed by atoms with Crippen molar-refractivity contribution in [2.75, 3.05) is 13.2 Å². The summed E-state index contributed by atoms with van der Waals surface area (Å²) < 4.78 is 32.3. The molecule has 0 aliphatic carbocycles. The summed E-state index contributed by atoms with van der Waals surface area (Å²) in [5.74, 6) is 0.